The molecule has 3 nitrogen and oxygen atoms in total. The molecule has 0 saturated heterocycles. The normalized spacial score (nSPS) is 10.4. The fourth-order valence-corrected chi connectivity index (χ4v) is 1.85. The fraction of sp³-hybridized carbons (Fsp3) is 0.125. The SMILES string of the molecule is COc1cc2nccc(O)c2s1. The van der Waals surface area contributed by atoms with Crippen LogP contribution in [0.5, 0.6) is 10.8 Å². The molecule has 0 unspecified atom stereocenters. The van der Waals surface area contributed by atoms with E-state index in [0.29, 0.717) is 0 Å². The largest absolute Gasteiger partial charge is 0.506 e. The molecular weight excluding hydrogens is 174 g/mol. The summed E-state index contributed by atoms with van der Waals surface area (Å²) in [5, 5.41) is 10.2. The van der Waals surface area contributed by atoms with E-state index in [0.717, 1.165) is 15.3 Å². The molecule has 0 aliphatic carbocycles. The lowest BCUT2D eigenvalue weighted by atomic mass is 10.4. The molecule has 0 radical (unpaired) electrons. The van der Waals surface area contributed by atoms with Gasteiger partial charge in [-0.2, -0.15) is 0 Å². The molecule has 0 aromatic carbocycles. The number of aromatic nitrogens is 1. The Labute approximate surface area is 73.2 Å². The minimum atomic E-state index is 0.258. The molecule has 2 aromatic rings. The Morgan fingerprint density at radius 2 is 2.42 bits per heavy atom. The second-order valence-electron chi connectivity index (χ2n) is 2.31. The molecule has 0 atom stereocenters. The van der Waals surface area contributed by atoms with E-state index in [-0.39, 0.29) is 5.75 Å². The van der Waals surface area contributed by atoms with E-state index >= 15 is 0 Å². The first kappa shape index (κ1) is 7.36. The van der Waals surface area contributed by atoms with Gasteiger partial charge in [-0.25, -0.2) is 0 Å². The number of rotatable bonds is 1. The van der Waals surface area contributed by atoms with Crippen molar-refractivity contribution in [1.29, 1.82) is 0 Å². The van der Waals surface area contributed by atoms with Gasteiger partial charge in [-0.1, -0.05) is 11.3 Å². The second kappa shape index (κ2) is 2.64. The van der Waals surface area contributed by atoms with E-state index < -0.39 is 0 Å². The van der Waals surface area contributed by atoms with Crippen molar-refractivity contribution in [1.82, 2.24) is 4.98 Å². The molecule has 4 heteroatoms. The van der Waals surface area contributed by atoms with E-state index in [1.165, 1.54) is 11.3 Å². The van der Waals surface area contributed by atoms with E-state index in [9.17, 15) is 5.11 Å². The zero-order valence-electron chi connectivity index (χ0n) is 6.44. The minimum Gasteiger partial charge on any atom is -0.506 e. The van der Waals surface area contributed by atoms with Gasteiger partial charge in [0.05, 0.1) is 17.3 Å². The first-order valence-electron chi connectivity index (χ1n) is 3.43. The van der Waals surface area contributed by atoms with Crippen molar-refractivity contribution in [2.45, 2.75) is 0 Å². The van der Waals surface area contributed by atoms with Gasteiger partial charge in [-0.05, 0) is 6.07 Å². The molecule has 2 heterocycles. The third kappa shape index (κ3) is 1.00. The molecule has 0 amide bonds. The van der Waals surface area contributed by atoms with Gasteiger partial charge in [-0.3, -0.25) is 4.98 Å². The van der Waals surface area contributed by atoms with Crippen molar-refractivity contribution in [3.8, 4) is 10.8 Å². The number of aromatic hydroxyl groups is 1. The maximum atomic E-state index is 9.39. The monoisotopic (exact) mass is 181 g/mol. The number of fused-ring (bicyclic) bond motifs is 1. The highest BCUT2D eigenvalue weighted by atomic mass is 32.1. The van der Waals surface area contributed by atoms with Gasteiger partial charge in [0.1, 0.15) is 5.75 Å². The lowest BCUT2D eigenvalue weighted by Gasteiger charge is -1.90. The van der Waals surface area contributed by atoms with Crippen LogP contribution in [0.2, 0.25) is 0 Å². The Kier molecular flexibility index (Phi) is 1.62. The summed E-state index contributed by atoms with van der Waals surface area (Å²) >= 11 is 1.39. The molecular formula is C8H7NO2S. The average Bonchev–Trinajstić information content (AvgIpc) is 2.49. The molecule has 1 N–H and O–H groups in total. The summed E-state index contributed by atoms with van der Waals surface area (Å²) < 4.78 is 5.79. The van der Waals surface area contributed by atoms with E-state index in [1.54, 1.807) is 25.4 Å². The van der Waals surface area contributed by atoms with Crippen LogP contribution in [0.1, 0.15) is 0 Å². The lowest BCUT2D eigenvalue weighted by Crippen LogP contribution is -1.73. The number of thiophene rings is 1. The van der Waals surface area contributed by atoms with Gasteiger partial charge >= 0.3 is 0 Å². The zero-order valence-corrected chi connectivity index (χ0v) is 7.26. The second-order valence-corrected chi connectivity index (χ2v) is 3.33. The van der Waals surface area contributed by atoms with E-state index in [2.05, 4.69) is 4.98 Å². The van der Waals surface area contributed by atoms with Crippen LogP contribution in [0.3, 0.4) is 0 Å². The maximum Gasteiger partial charge on any atom is 0.176 e. The zero-order chi connectivity index (χ0) is 8.55. The fourth-order valence-electron chi connectivity index (χ4n) is 1.00. The molecule has 2 rings (SSSR count). The Balaban J connectivity index is 2.74. The van der Waals surface area contributed by atoms with Gasteiger partial charge in [0.2, 0.25) is 0 Å². The highest BCUT2D eigenvalue weighted by Gasteiger charge is 2.05. The summed E-state index contributed by atoms with van der Waals surface area (Å²) in [7, 11) is 1.60. The predicted molar refractivity (Wildman–Crippen MR) is 47.8 cm³/mol. The minimum absolute atomic E-state index is 0.258. The molecule has 0 bridgehead atoms. The van der Waals surface area contributed by atoms with Gasteiger partial charge in [0, 0.05) is 12.3 Å². The highest BCUT2D eigenvalue weighted by Crippen LogP contribution is 2.35. The quantitative estimate of drug-likeness (QED) is 0.731. The number of pyridine rings is 1. The van der Waals surface area contributed by atoms with Crippen LogP contribution in [0, 0.1) is 0 Å². The van der Waals surface area contributed by atoms with Gasteiger partial charge in [0.15, 0.2) is 5.06 Å². The van der Waals surface area contributed by atoms with Gasteiger partial charge in [-0.15, -0.1) is 0 Å². The number of methoxy groups -OCH3 is 1. The summed E-state index contributed by atoms with van der Waals surface area (Å²) in [4.78, 5) is 4.08. The van der Waals surface area contributed by atoms with Crippen LogP contribution in [-0.2, 0) is 0 Å². The van der Waals surface area contributed by atoms with Crippen molar-refractivity contribution in [3.63, 3.8) is 0 Å². The van der Waals surface area contributed by atoms with Gasteiger partial charge < -0.3 is 9.84 Å². The molecule has 12 heavy (non-hydrogen) atoms. The summed E-state index contributed by atoms with van der Waals surface area (Å²) in [6.07, 6.45) is 1.57. The van der Waals surface area contributed by atoms with Crippen molar-refractivity contribution in [3.05, 3.63) is 18.3 Å². The summed E-state index contributed by atoms with van der Waals surface area (Å²) in [5.74, 6) is 0.258. The smallest absolute Gasteiger partial charge is 0.176 e. The molecule has 0 aliphatic heterocycles. The predicted octanol–water partition coefficient (Wildman–Crippen LogP) is 2.01. The summed E-state index contributed by atoms with van der Waals surface area (Å²) in [5.41, 5.74) is 0.775. The van der Waals surface area contributed by atoms with Crippen LogP contribution < -0.4 is 4.74 Å². The summed E-state index contributed by atoms with van der Waals surface area (Å²) in [6, 6.07) is 3.37. The number of nitrogens with zero attached hydrogens (tertiary/aromatic N) is 1. The highest BCUT2D eigenvalue weighted by molar-refractivity contribution is 7.21. The number of hydrogen-bond donors (Lipinski definition) is 1. The average molecular weight is 181 g/mol. The van der Waals surface area contributed by atoms with Crippen LogP contribution in [0.25, 0.3) is 10.2 Å². The Hall–Kier alpha value is -1.29. The van der Waals surface area contributed by atoms with Gasteiger partial charge in [0.25, 0.3) is 0 Å². The molecule has 2 aromatic heterocycles. The van der Waals surface area contributed by atoms with Crippen molar-refractivity contribution in [2.24, 2.45) is 0 Å². The third-order valence-electron chi connectivity index (χ3n) is 1.57. The van der Waals surface area contributed by atoms with Crippen molar-refractivity contribution >= 4 is 21.6 Å². The molecule has 0 saturated carbocycles. The first-order chi connectivity index (χ1) is 5.81. The van der Waals surface area contributed by atoms with E-state index in [1.807, 2.05) is 0 Å². The molecule has 62 valence electrons. The van der Waals surface area contributed by atoms with Crippen LogP contribution in [0.4, 0.5) is 0 Å². The van der Waals surface area contributed by atoms with Crippen LogP contribution in [-0.4, -0.2) is 17.2 Å². The Morgan fingerprint density at radius 3 is 3.08 bits per heavy atom. The van der Waals surface area contributed by atoms with Crippen molar-refractivity contribution < 1.29 is 9.84 Å². The Morgan fingerprint density at radius 1 is 1.58 bits per heavy atom. The topological polar surface area (TPSA) is 42.4 Å². The molecule has 0 fully saturated rings. The summed E-state index contributed by atoms with van der Waals surface area (Å²) in [6.45, 7) is 0. The third-order valence-corrected chi connectivity index (χ3v) is 2.68. The molecule has 0 aliphatic rings. The Bertz CT molecular complexity index is 410. The number of hydrogen-bond acceptors (Lipinski definition) is 4. The standard InChI is InChI=1S/C8H7NO2S/c1-11-7-4-5-8(12-7)6(10)2-3-9-5/h2-4H,1H3,(H,9,10). The number of ether oxygens (including phenoxy) is 1. The van der Waals surface area contributed by atoms with Crippen LogP contribution in [0.15, 0.2) is 18.3 Å². The first-order valence-corrected chi connectivity index (χ1v) is 4.24. The van der Waals surface area contributed by atoms with Crippen LogP contribution >= 0.6 is 11.3 Å². The van der Waals surface area contributed by atoms with E-state index in [4.69, 9.17) is 4.74 Å². The lowest BCUT2D eigenvalue weighted by molar-refractivity contribution is 0.427. The maximum absolute atomic E-state index is 9.39. The molecule has 0 spiro atoms. The van der Waals surface area contributed by atoms with Crippen molar-refractivity contribution in [2.75, 3.05) is 7.11 Å².